The molecule has 3 rings (SSSR count). The van der Waals surface area contributed by atoms with Crippen molar-refractivity contribution in [1.82, 2.24) is 9.62 Å². The van der Waals surface area contributed by atoms with E-state index in [0.29, 0.717) is 19.3 Å². The maximum absolute atomic E-state index is 13.9. The third-order valence-corrected chi connectivity index (χ3v) is 7.10. The van der Waals surface area contributed by atoms with Gasteiger partial charge in [0.2, 0.25) is 15.9 Å². The first-order valence-electron chi connectivity index (χ1n) is 9.11. The van der Waals surface area contributed by atoms with E-state index in [1.54, 1.807) is 0 Å². The molecule has 1 aromatic rings. The number of piperidine rings is 1. The fourth-order valence-corrected chi connectivity index (χ4v) is 5.37. The standard InChI is InChI=1S/C18H25FN2O4S/c19-16-8-1-2-9-17(16)26(24,25)21-10-4-5-13(12-21)18(23)20-14-6-3-7-15(22)11-14/h1-2,8-9,13-15,22H,3-7,10-12H2,(H,20,23)/t13-,14?,15?/m0/s1. The maximum atomic E-state index is 13.9. The number of benzene rings is 1. The van der Waals surface area contributed by atoms with Crippen LogP contribution < -0.4 is 5.32 Å². The predicted molar refractivity (Wildman–Crippen MR) is 94.3 cm³/mol. The molecular weight excluding hydrogens is 359 g/mol. The van der Waals surface area contributed by atoms with Crippen LogP contribution in [0.4, 0.5) is 4.39 Å². The van der Waals surface area contributed by atoms with Crippen molar-refractivity contribution >= 4 is 15.9 Å². The van der Waals surface area contributed by atoms with E-state index >= 15 is 0 Å². The van der Waals surface area contributed by atoms with Gasteiger partial charge in [-0.1, -0.05) is 12.1 Å². The minimum Gasteiger partial charge on any atom is -0.393 e. The Bertz CT molecular complexity index is 755. The topological polar surface area (TPSA) is 86.7 Å². The van der Waals surface area contributed by atoms with Crippen molar-refractivity contribution in [1.29, 1.82) is 0 Å². The summed E-state index contributed by atoms with van der Waals surface area (Å²) in [5.41, 5.74) is 0. The summed E-state index contributed by atoms with van der Waals surface area (Å²) < 4.78 is 40.6. The second-order valence-corrected chi connectivity index (χ2v) is 9.06. The highest BCUT2D eigenvalue weighted by atomic mass is 32.2. The van der Waals surface area contributed by atoms with Crippen LogP contribution in [0.15, 0.2) is 29.2 Å². The quantitative estimate of drug-likeness (QED) is 0.826. The van der Waals surface area contributed by atoms with E-state index in [1.165, 1.54) is 22.5 Å². The molecule has 1 amide bonds. The number of halogens is 1. The zero-order valence-electron chi connectivity index (χ0n) is 14.6. The van der Waals surface area contributed by atoms with Gasteiger partial charge in [-0.15, -0.1) is 0 Å². The number of amides is 1. The van der Waals surface area contributed by atoms with Crippen LogP contribution in [0.25, 0.3) is 0 Å². The van der Waals surface area contributed by atoms with Crippen LogP contribution in [0.3, 0.4) is 0 Å². The fourth-order valence-electron chi connectivity index (χ4n) is 3.78. The second-order valence-electron chi connectivity index (χ2n) is 7.16. The monoisotopic (exact) mass is 384 g/mol. The molecule has 2 N–H and O–H groups in total. The molecule has 0 aromatic heterocycles. The first kappa shape index (κ1) is 19.3. The molecular formula is C18H25FN2O4S. The number of carbonyl (C=O) groups excluding carboxylic acids is 1. The number of hydrogen-bond donors (Lipinski definition) is 2. The molecule has 3 atom stereocenters. The van der Waals surface area contributed by atoms with Crippen molar-refractivity contribution in [2.75, 3.05) is 13.1 Å². The molecule has 2 unspecified atom stereocenters. The lowest BCUT2D eigenvalue weighted by Gasteiger charge is -2.33. The van der Waals surface area contributed by atoms with E-state index in [2.05, 4.69) is 5.32 Å². The van der Waals surface area contributed by atoms with E-state index in [9.17, 15) is 22.7 Å². The van der Waals surface area contributed by atoms with Gasteiger partial charge in [-0.3, -0.25) is 4.79 Å². The molecule has 1 aromatic carbocycles. The van der Waals surface area contributed by atoms with Gasteiger partial charge in [0.05, 0.1) is 12.0 Å². The lowest BCUT2D eigenvalue weighted by atomic mass is 9.91. The van der Waals surface area contributed by atoms with Gasteiger partial charge in [0.1, 0.15) is 10.7 Å². The van der Waals surface area contributed by atoms with Gasteiger partial charge in [0.15, 0.2) is 0 Å². The first-order chi connectivity index (χ1) is 12.4. The van der Waals surface area contributed by atoms with Crippen LogP contribution in [0.1, 0.15) is 38.5 Å². The lowest BCUT2D eigenvalue weighted by Crippen LogP contribution is -2.48. The van der Waals surface area contributed by atoms with E-state index in [1.807, 2.05) is 0 Å². The molecule has 1 aliphatic carbocycles. The Morgan fingerprint density at radius 1 is 1.19 bits per heavy atom. The van der Waals surface area contributed by atoms with Crippen LogP contribution in [-0.2, 0) is 14.8 Å². The second kappa shape index (κ2) is 8.02. The van der Waals surface area contributed by atoms with Crippen molar-refractivity contribution in [2.45, 2.75) is 55.6 Å². The molecule has 0 bridgehead atoms. The van der Waals surface area contributed by atoms with Crippen molar-refractivity contribution in [3.05, 3.63) is 30.1 Å². The molecule has 0 radical (unpaired) electrons. The third kappa shape index (κ3) is 4.24. The van der Waals surface area contributed by atoms with Crippen LogP contribution in [0.2, 0.25) is 0 Å². The summed E-state index contributed by atoms with van der Waals surface area (Å²) in [7, 11) is -3.96. The Hall–Kier alpha value is -1.51. The maximum Gasteiger partial charge on any atom is 0.246 e. The van der Waals surface area contributed by atoms with Crippen molar-refractivity contribution in [3.63, 3.8) is 0 Å². The normalized spacial score (nSPS) is 27.8. The minimum atomic E-state index is -3.96. The Morgan fingerprint density at radius 3 is 2.69 bits per heavy atom. The zero-order chi connectivity index (χ0) is 18.7. The highest BCUT2D eigenvalue weighted by Gasteiger charge is 2.35. The van der Waals surface area contributed by atoms with E-state index in [0.717, 1.165) is 25.3 Å². The molecule has 144 valence electrons. The molecule has 8 heteroatoms. The van der Waals surface area contributed by atoms with E-state index in [-0.39, 0.29) is 29.9 Å². The molecule has 1 saturated heterocycles. The van der Waals surface area contributed by atoms with Gasteiger partial charge in [0, 0.05) is 19.1 Å². The highest BCUT2D eigenvalue weighted by Crippen LogP contribution is 2.26. The SMILES string of the molecule is O=C(NC1CCCC(O)C1)[C@H]1CCCN(S(=O)(=O)c2ccccc2F)C1. The van der Waals surface area contributed by atoms with Gasteiger partial charge >= 0.3 is 0 Å². The third-order valence-electron chi connectivity index (χ3n) is 5.20. The van der Waals surface area contributed by atoms with Gasteiger partial charge in [0.25, 0.3) is 0 Å². The molecule has 2 aliphatic rings. The molecule has 0 spiro atoms. The van der Waals surface area contributed by atoms with Crippen LogP contribution in [0, 0.1) is 11.7 Å². The van der Waals surface area contributed by atoms with Crippen LogP contribution >= 0.6 is 0 Å². The minimum absolute atomic E-state index is 0.0533. The Labute approximate surface area is 153 Å². The average Bonchev–Trinajstić information content (AvgIpc) is 2.62. The number of aliphatic hydroxyl groups excluding tert-OH is 1. The Kier molecular flexibility index (Phi) is 5.94. The fraction of sp³-hybridized carbons (Fsp3) is 0.611. The van der Waals surface area contributed by atoms with Gasteiger partial charge in [-0.05, 0) is 50.7 Å². The molecule has 26 heavy (non-hydrogen) atoms. The van der Waals surface area contributed by atoms with Gasteiger partial charge < -0.3 is 10.4 Å². The number of carbonyl (C=O) groups is 1. The number of sulfonamides is 1. The molecule has 6 nitrogen and oxygen atoms in total. The average molecular weight is 384 g/mol. The van der Waals surface area contributed by atoms with E-state index in [4.69, 9.17) is 0 Å². The van der Waals surface area contributed by atoms with E-state index < -0.39 is 27.9 Å². The van der Waals surface area contributed by atoms with Crippen LogP contribution in [-0.4, -0.2) is 49.0 Å². The summed E-state index contributed by atoms with van der Waals surface area (Å²) in [5.74, 6) is -1.42. The molecule has 1 heterocycles. The summed E-state index contributed by atoms with van der Waals surface area (Å²) in [6.07, 6.45) is 3.75. The molecule has 1 saturated carbocycles. The summed E-state index contributed by atoms with van der Waals surface area (Å²) in [4.78, 5) is 12.2. The van der Waals surface area contributed by atoms with Gasteiger partial charge in [-0.2, -0.15) is 4.31 Å². The number of hydrogen-bond acceptors (Lipinski definition) is 4. The number of aliphatic hydroxyl groups is 1. The summed E-state index contributed by atoms with van der Waals surface area (Å²) in [5, 5.41) is 12.7. The highest BCUT2D eigenvalue weighted by molar-refractivity contribution is 7.89. The van der Waals surface area contributed by atoms with Crippen molar-refractivity contribution in [2.24, 2.45) is 5.92 Å². The predicted octanol–water partition coefficient (Wildman–Crippen LogP) is 1.65. The zero-order valence-corrected chi connectivity index (χ0v) is 15.4. The van der Waals surface area contributed by atoms with Crippen molar-refractivity contribution < 1.29 is 22.7 Å². The lowest BCUT2D eigenvalue weighted by molar-refractivity contribution is -0.127. The number of rotatable bonds is 4. The largest absolute Gasteiger partial charge is 0.393 e. The number of nitrogens with one attached hydrogen (secondary N) is 1. The van der Waals surface area contributed by atoms with Crippen molar-refractivity contribution in [3.8, 4) is 0 Å². The summed E-state index contributed by atoms with van der Waals surface area (Å²) in [6.45, 7) is 0.334. The Balaban J connectivity index is 1.67. The summed E-state index contributed by atoms with van der Waals surface area (Å²) >= 11 is 0. The Morgan fingerprint density at radius 2 is 1.96 bits per heavy atom. The molecule has 1 aliphatic heterocycles. The summed E-state index contributed by atoms with van der Waals surface area (Å²) in [6, 6.07) is 5.23. The first-order valence-corrected chi connectivity index (χ1v) is 10.5. The smallest absolute Gasteiger partial charge is 0.246 e. The molecule has 2 fully saturated rings. The van der Waals surface area contributed by atoms with Crippen LogP contribution in [0.5, 0.6) is 0 Å². The van der Waals surface area contributed by atoms with Gasteiger partial charge in [-0.25, -0.2) is 12.8 Å². The number of nitrogens with zero attached hydrogens (tertiary/aromatic N) is 1.